The van der Waals surface area contributed by atoms with Crippen molar-refractivity contribution in [2.75, 3.05) is 7.11 Å². The average molecular weight is 343 g/mol. The fraction of sp³-hybridized carbons (Fsp3) is 0.0769. The van der Waals surface area contributed by atoms with Crippen LogP contribution < -0.4 is 4.74 Å². The van der Waals surface area contributed by atoms with Crippen LogP contribution in [0.15, 0.2) is 41.0 Å². The van der Waals surface area contributed by atoms with Crippen LogP contribution in [0.3, 0.4) is 0 Å². The van der Waals surface area contributed by atoms with Crippen molar-refractivity contribution in [3.05, 3.63) is 51.6 Å². The fourth-order valence-electron chi connectivity index (χ4n) is 1.37. The van der Waals surface area contributed by atoms with E-state index in [9.17, 15) is 4.79 Å². The predicted octanol–water partition coefficient (Wildman–Crippen LogP) is 4.08. The molecule has 1 aromatic carbocycles. The first-order chi connectivity index (χ1) is 9.10. The van der Waals surface area contributed by atoms with E-state index in [2.05, 4.69) is 25.7 Å². The third-order valence-corrected chi connectivity index (χ3v) is 2.97. The summed E-state index contributed by atoms with van der Waals surface area (Å²) in [5, 5.41) is 0.395. The minimum atomic E-state index is -0.397. The Morgan fingerprint density at radius 1 is 1.32 bits per heavy atom. The molecule has 2 aromatic rings. The van der Waals surface area contributed by atoms with Crippen LogP contribution >= 0.6 is 27.5 Å². The molecule has 0 spiro atoms. The van der Waals surface area contributed by atoms with Gasteiger partial charge in [-0.3, -0.25) is 0 Å². The van der Waals surface area contributed by atoms with E-state index in [-0.39, 0.29) is 0 Å². The van der Waals surface area contributed by atoms with Gasteiger partial charge in [-0.2, -0.15) is 0 Å². The molecule has 6 heteroatoms. The Morgan fingerprint density at radius 3 is 2.58 bits per heavy atom. The Kier molecular flexibility index (Phi) is 4.39. The largest absolute Gasteiger partial charge is 0.465 e. The first-order valence-corrected chi connectivity index (χ1v) is 6.44. The average Bonchev–Trinajstić information content (AvgIpc) is 2.42. The molecule has 0 aliphatic carbocycles. The van der Waals surface area contributed by atoms with E-state index in [1.807, 2.05) is 0 Å². The molecular weight excluding hydrogens is 334 g/mol. The summed E-state index contributed by atoms with van der Waals surface area (Å²) in [6, 6.07) is 8.19. The minimum Gasteiger partial charge on any atom is -0.465 e. The van der Waals surface area contributed by atoms with E-state index < -0.39 is 5.97 Å². The molecule has 0 fully saturated rings. The summed E-state index contributed by atoms with van der Waals surface area (Å²) >= 11 is 9.25. The molecule has 1 aromatic heterocycles. The van der Waals surface area contributed by atoms with Crippen LogP contribution in [0.5, 0.6) is 11.6 Å². The Morgan fingerprint density at radius 2 is 2.00 bits per heavy atom. The Hall–Kier alpha value is -1.59. The van der Waals surface area contributed by atoms with E-state index >= 15 is 0 Å². The smallest absolute Gasteiger partial charge is 0.337 e. The third-order valence-electron chi connectivity index (χ3n) is 2.26. The van der Waals surface area contributed by atoms with Crippen LogP contribution in [0.25, 0.3) is 0 Å². The van der Waals surface area contributed by atoms with Gasteiger partial charge >= 0.3 is 5.97 Å². The number of methoxy groups -OCH3 is 1. The lowest BCUT2D eigenvalue weighted by atomic mass is 10.2. The van der Waals surface area contributed by atoms with Gasteiger partial charge in [0.15, 0.2) is 0 Å². The number of benzene rings is 1. The number of pyridine rings is 1. The number of halogens is 2. The standard InChI is InChI=1S/C13H9BrClNO3/c1-18-13(17)8-2-4-10(5-3-8)19-12-11(15)6-9(14)7-16-12/h2-7H,1H3. The lowest BCUT2D eigenvalue weighted by Gasteiger charge is -2.07. The molecule has 1 heterocycles. The number of rotatable bonds is 3. The summed E-state index contributed by atoms with van der Waals surface area (Å²) in [5.74, 6) is 0.436. The first-order valence-electron chi connectivity index (χ1n) is 5.27. The van der Waals surface area contributed by atoms with Crippen molar-refractivity contribution >= 4 is 33.5 Å². The molecule has 4 nitrogen and oxygen atoms in total. The number of carbonyl (C=O) groups excluding carboxylic acids is 1. The molecule has 0 saturated heterocycles. The van der Waals surface area contributed by atoms with Crippen molar-refractivity contribution in [3.8, 4) is 11.6 Å². The fourth-order valence-corrected chi connectivity index (χ4v) is 2.03. The van der Waals surface area contributed by atoms with Gasteiger partial charge in [-0.15, -0.1) is 0 Å². The number of carbonyl (C=O) groups is 1. The van der Waals surface area contributed by atoms with E-state index in [1.165, 1.54) is 7.11 Å². The molecular formula is C13H9BrClNO3. The van der Waals surface area contributed by atoms with Gasteiger partial charge in [0.05, 0.1) is 12.7 Å². The molecule has 19 heavy (non-hydrogen) atoms. The van der Waals surface area contributed by atoms with Crippen molar-refractivity contribution in [2.24, 2.45) is 0 Å². The Balaban J connectivity index is 2.17. The zero-order chi connectivity index (χ0) is 13.8. The SMILES string of the molecule is COC(=O)c1ccc(Oc2ncc(Br)cc2Cl)cc1. The second-order valence-corrected chi connectivity index (χ2v) is 4.88. The van der Waals surface area contributed by atoms with Crippen molar-refractivity contribution in [1.82, 2.24) is 4.98 Å². The number of hydrogen-bond donors (Lipinski definition) is 0. The highest BCUT2D eigenvalue weighted by Gasteiger charge is 2.08. The van der Waals surface area contributed by atoms with Crippen LogP contribution in [-0.2, 0) is 4.74 Å². The van der Waals surface area contributed by atoms with Gasteiger partial charge in [0.25, 0.3) is 0 Å². The molecule has 0 N–H and O–H groups in total. The predicted molar refractivity (Wildman–Crippen MR) is 74.8 cm³/mol. The number of esters is 1. The van der Waals surface area contributed by atoms with Gasteiger partial charge in [-0.05, 0) is 46.3 Å². The van der Waals surface area contributed by atoms with Crippen LogP contribution in [0, 0.1) is 0 Å². The van der Waals surface area contributed by atoms with E-state index in [1.54, 1.807) is 36.5 Å². The maximum absolute atomic E-state index is 11.3. The van der Waals surface area contributed by atoms with E-state index in [0.29, 0.717) is 22.2 Å². The molecule has 98 valence electrons. The monoisotopic (exact) mass is 341 g/mol. The number of aromatic nitrogens is 1. The van der Waals surface area contributed by atoms with Gasteiger partial charge < -0.3 is 9.47 Å². The van der Waals surface area contributed by atoms with E-state index in [4.69, 9.17) is 16.3 Å². The maximum Gasteiger partial charge on any atom is 0.337 e. The minimum absolute atomic E-state index is 0.302. The zero-order valence-electron chi connectivity index (χ0n) is 9.89. The van der Waals surface area contributed by atoms with Crippen molar-refractivity contribution in [2.45, 2.75) is 0 Å². The molecule has 0 unspecified atom stereocenters. The van der Waals surface area contributed by atoms with Crippen LogP contribution in [-0.4, -0.2) is 18.1 Å². The van der Waals surface area contributed by atoms with Crippen molar-refractivity contribution in [3.63, 3.8) is 0 Å². The quantitative estimate of drug-likeness (QED) is 0.789. The molecule has 0 aliphatic heterocycles. The molecule has 0 aliphatic rings. The summed E-state index contributed by atoms with van der Waals surface area (Å²) in [5.41, 5.74) is 0.449. The summed E-state index contributed by atoms with van der Waals surface area (Å²) in [6.07, 6.45) is 1.59. The molecule has 0 atom stereocenters. The number of ether oxygens (including phenoxy) is 2. The third kappa shape index (κ3) is 3.45. The van der Waals surface area contributed by atoms with Crippen molar-refractivity contribution < 1.29 is 14.3 Å². The number of nitrogens with zero attached hydrogens (tertiary/aromatic N) is 1. The summed E-state index contributed by atoms with van der Waals surface area (Å²) < 4.78 is 10.9. The highest BCUT2D eigenvalue weighted by atomic mass is 79.9. The normalized spacial score (nSPS) is 10.1. The Bertz CT molecular complexity index is 601. The van der Waals surface area contributed by atoms with Gasteiger partial charge in [-0.25, -0.2) is 9.78 Å². The lowest BCUT2D eigenvalue weighted by Crippen LogP contribution is -2.00. The van der Waals surface area contributed by atoms with Crippen molar-refractivity contribution in [1.29, 1.82) is 0 Å². The summed E-state index contributed by atoms with van der Waals surface area (Å²) in [6.45, 7) is 0. The zero-order valence-corrected chi connectivity index (χ0v) is 12.2. The van der Waals surface area contributed by atoms with Crippen LogP contribution in [0.2, 0.25) is 5.02 Å². The second-order valence-electron chi connectivity index (χ2n) is 3.56. The Labute approximate surface area is 123 Å². The summed E-state index contributed by atoms with van der Waals surface area (Å²) in [4.78, 5) is 15.3. The van der Waals surface area contributed by atoms with Crippen LogP contribution in [0.1, 0.15) is 10.4 Å². The van der Waals surface area contributed by atoms with Gasteiger partial charge in [0.1, 0.15) is 10.8 Å². The molecule has 2 rings (SSSR count). The summed E-state index contributed by atoms with van der Waals surface area (Å²) in [7, 11) is 1.33. The number of hydrogen-bond acceptors (Lipinski definition) is 4. The molecule has 0 amide bonds. The maximum atomic E-state index is 11.3. The molecule has 0 radical (unpaired) electrons. The first kappa shape index (κ1) is 13.8. The van der Waals surface area contributed by atoms with Crippen LogP contribution in [0.4, 0.5) is 0 Å². The lowest BCUT2D eigenvalue weighted by molar-refractivity contribution is 0.0600. The molecule has 0 saturated carbocycles. The van der Waals surface area contributed by atoms with Gasteiger partial charge in [-0.1, -0.05) is 11.6 Å². The topological polar surface area (TPSA) is 48.4 Å². The van der Waals surface area contributed by atoms with Gasteiger partial charge in [0, 0.05) is 10.7 Å². The molecule has 0 bridgehead atoms. The second kappa shape index (κ2) is 6.04. The van der Waals surface area contributed by atoms with Gasteiger partial charge in [0.2, 0.25) is 5.88 Å². The van der Waals surface area contributed by atoms with E-state index in [0.717, 1.165) is 4.47 Å². The highest BCUT2D eigenvalue weighted by molar-refractivity contribution is 9.10. The highest BCUT2D eigenvalue weighted by Crippen LogP contribution is 2.29.